The van der Waals surface area contributed by atoms with Crippen LogP contribution in [0.4, 0.5) is 0 Å². The monoisotopic (exact) mass is 250 g/mol. The molecule has 2 aromatic rings. The third-order valence-electron chi connectivity index (χ3n) is 3.34. The summed E-state index contributed by atoms with van der Waals surface area (Å²) in [6.45, 7) is 11.7. The molecule has 0 bridgehead atoms. The van der Waals surface area contributed by atoms with Crippen LogP contribution in [0.1, 0.15) is 19.4 Å². The molecule has 0 radical (unpaired) electrons. The number of aliphatic hydroxyl groups is 1. The predicted octanol–water partition coefficient (Wildman–Crippen LogP) is 3.53. The van der Waals surface area contributed by atoms with E-state index >= 15 is 0 Å². The maximum Gasteiger partial charge on any atom is 0.115 e. The zero-order valence-electron chi connectivity index (χ0n) is 11.4. The molecule has 0 aliphatic carbocycles. The maximum atomic E-state index is 9.84. The molecular weight excluding hydrogens is 232 g/mol. The van der Waals surface area contributed by atoms with Gasteiger partial charge in [-0.15, -0.1) is 0 Å². The van der Waals surface area contributed by atoms with Gasteiger partial charge in [0.15, 0.2) is 0 Å². The number of hydrogen-bond donors (Lipinski definition) is 1. The SMILES string of the molecule is C=C(O)/C(=C/C)c1/c(=C\C)ccc2cccc(=C)c12. The quantitative estimate of drug-likeness (QED) is 0.638. The number of benzene rings is 2. The van der Waals surface area contributed by atoms with E-state index in [2.05, 4.69) is 31.4 Å². The Balaban J connectivity index is 3.07. The third kappa shape index (κ3) is 2.19. The highest BCUT2D eigenvalue weighted by atomic mass is 16.3. The minimum Gasteiger partial charge on any atom is -0.508 e. The fourth-order valence-corrected chi connectivity index (χ4v) is 2.46. The van der Waals surface area contributed by atoms with E-state index in [0.29, 0.717) is 0 Å². The van der Waals surface area contributed by atoms with Gasteiger partial charge >= 0.3 is 0 Å². The molecule has 0 heterocycles. The lowest BCUT2D eigenvalue weighted by Crippen LogP contribution is -2.14. The molecule has 0 saturated carbocycles. The summed E-state index contributed by atoms with van der Waals surface area (Å²) in [6.07, 6.45) is 3.92. The highest BCUT2D eigenvalue weighted by Crippen LogP contribution is 2.23. The van der Waals surface area contributed by atoms with Crippen LogP contribution in [0.2, 0.25) is 0 Å². The average molecular weight is 250 g/mol. The zero-order valence-corrected chi connectivity index (χ0v) is 11.4. The summed E-state index contributed by atoms with van der Waals surface area (Å²) < 4.78 is 0. The number of rotatable bonds is 2. The summed E-state index contributed by atoms with van der Waals surface area (Å²) in [5.41, 5.74) is 1.76. The van der Waals surface area contributed by atoms with Gasteiger partial charge < -0.3 is 5.11 Å². The molecule has 1 N–H and O–H groups in total. The van der Waals surface area contributed by atoms with Crippen LogP contribution >= 0.6 is 0 Å². The maximum absolute atomic E-state index is 9.84. The first-order valence-electron chi connectivity index (χ1n) is 6.32. The molecule has 0 fully saturated rings. The van der Waals surface area contributed by atoms with Gasteiger partial charge in [-0.2, -0.15) is 0 Å². The van der Waals surface area contributed by atoms with Gasteiger partial charge in [0.1, 0.15) is 5.76 Å². The van der Waals surface area contributed by atoms with E-state index in [1.165, 1.54) is 0 Å². The summed E-state index contributed by atoms with van der Waals surface area (Å²) in [7, 11) is 0. The first kappa shape index (κ1) is 13.2. The van der Waals surface area contributed by atoms with Crippen LogP contribution in [0.15, 0.2) is 48.7 Å². The lowest BCUT2D eigenvalue weighted by molar-refractivity contribution is 0.440. The molecule has 19 heavy (non-hydrogen) atoms. The van der Waals surface area contributed by atoms with E-state index in [-0.39, 0.29) is 5.76 Å². The van der Waals surface area contributed by atoms with Crippen molar-refractivity contribution in [3.63, 3.8) is 0 Å². The molecule has 0 aliphatic rings. The topological polar surface area (TPSA) is 20.2 Å². The number of aliphatic hydroxyl groups excluding tert-OH is 1. The van der Waals surface area contributed by atoms with Crippen LogP contribution in [0.5, 0.6) is 0 Å². The second kappa shape index (κ2) is 5.15. The Kier molecular flexibility index (Phi) is 3.57. The van der Waals surface area contributed by atoms with Crippen LogP contribution in [0.25, 0.3) is 29.0 Å². The molecule has 0 amide bonds. The first-order chi connectivity index (χ1) is 9.10. The number of hydrogen-bond acceptors (Lipinski definition) is 1. The van der Waals surface area contributed by atoms with Gasteiger partial charge in [-0.25, -0.2) is 0 Å². The minimum atomic E-state index is 0.0846. The standard InChI is InChI=1S/C18H18O/c1-5-14-10-11-15-9-7-8-12(3)17(15)18(14)16(6-2)13(4)19/h5-11,19H,3-4H2,1-2H3/b14-5-,16-6-. The Morgan fingerprint density at radius 3 is 2.47 bits per heavy atom. The van der Waals surface area contributed by atoms with Crippen LogP contribution in [-0.2, 0) is 0 Å². The molecule has 0 aliphatic heterocycles. The summed E-state index contributed by atoms with van der Waals surface area (Å²) in [5.74, 6) is 0.0846. The predicted molar refractivity (Wildman–Crippen MR) is 84.3 cm³/mol. The van der Waals surface area contributed by atoms with Gasteiger partial charge in [0.2, 0.25) is 0 Å². The second-order valence-corrected chi connectivity index (χ2v) is 4.48. The van der Waals surface area contributed by atoms with E-state index in [4.69, 9.17) is 0 Å². The van der Waals surface area contributed by atoms with Crippen LogP contribution < -0.4 is 10.4 Å². The van der Waals surface area contributed by atoms with Crippen LogP contribution in [0, 0.1) is 0 Å². The summed E-state index contributed by atoms with van der Waals surface area (Å²) in [4.78, 5) is 0. The van der Waals surface area contributed by atoms with Crippen molar-refractivity contribution in [2.45, 2.75) is 13.8 Å². The van der Waals surface area contributed by atoms with Crippen molar-refractivity contribution in [2.75, 3.05) is 0 Å². The van der Waals surface area contributed by atoms with E-state index < -0.39 is 0 Å². The third-order valence-corrected chi connectivity index (χ3v) is 3.34. The fraction of sp³-hybridized carbons (Fsp3) is 0.111. The van der Waals surface area contributed by atoms with Gasteiger partial charge in [0, 0.05) is 11.1 Å². The Morgan fingerprint density at radius 2 is 1.89 bits per heavy atom. The average Bonchev–Trinajstić information content (AvgIpc) is 2.39. The molecule has 2 rings (SSSR count). The Bertz CT molecular complexity index is 779. The highest BCUT2D eigenvalue weighted by Gasteiger charge is 2.10. The first-order valence-corrected chi connectivity index (χ1v) is 6.32. The molecule has 0 unspecified atom stereocenters. The van der Waals surface area contributed by atoms with E-state index in [9.17, 15) is 5.11 Å². The van der Waals surface area contributed by atoms with Gasteiger partial charge in [-0.05, 0) is 35.1 Å². The van der Waals surface area contributed by atoms with Crippen molar-refractivity contribution in [2.24, 2.45) is 0 Å². The summed E-state index contributed by atoms with van der Waals surface area (Å²) >= 11 is 0. The molecule has 0 saturated heterocycles. The van der Waals surface area contributed by atoms with Crippen molar-refractivity contribution in [3.8, 4) is 0 Å². The lowest BCUT2D eigenvalue weighted by Gasteiger charge is -2.11. The van der Waals surface area contributed by atoms with Crippen molar-refractivity contribution in [1.82, 2.24) is 0 Å². The van der Waals surface area contributed by atoms with E-state index in [1.807, 2.05) is 38.1 Å². The molecule has 96 valence electrons. The van der Waals surface area contributed by atoms with Crippen molar-refractivity contribution in [1.29, 1.82) is 0 Å². The molecule has 1 heteroatoms. The van der Waals surface area contributed by atoms with E-state index in [0.717, 1.165) is 32.3 Å². The normalized spacial score (nSPS) is 12.9. The van der Waals surface area contributed by atoms with E-state index in [1.54, 1.807) is 0 Å². The number of fused-ring (bicyclic) bond motifs is 1. The molecule has 0 atom stereocenters. The van der Waals surface area contributed by atoms with Crippen LogP contribution in [-0.4, -0.2) is 5.11 Å². The zero-order chi connectivity index (χ0) is 14.0. The number of allylic oxidation sites excluding steroid dienone is 2. The smallest absolute Gasteiger partial charge is 0.115 e. The van der Waals surface area contributed by atoms with Gasteiger partial charge in [-0.3, -0.25) is 0 Å². The Labute approximate surface area is 113 Å². The van der Waals surface area contributed by atoms with Gasteiger partial charge in [0.05, 0.1) is 0 Å². The Hall–Kier alpha value is -2.28. The minimum absolute atomic E-state index is 0.0846. The highest BCUT2D eigenvalue weighted by molar-refractivity contribution is 5.97. The van der Waals surface area contributed by atoms with Gasteiger partial charge in [-0.1, -0.05) is 55.6 Å². The van der Waals surface area contributed by atoms with Gasteiger partial charge in [0.25, 0.3) is 0 Å². The Morgan fingerprint density at radius 1 is 1.16 bits per heavy atom. The molecule has 0 spiro atoms. The molecule has 2 aromatic carbocycles. The van der Waals surface area contributed by atoms with Crippen molar-refractivity contribution in [3.05, 3.63) is 64.7 Å². The largest absolute Gasteiger partial charge is 0.508 e. The molecule has 1 nitrogen and oxygen atoms in total. The van der Waals surface area contributed by atoms with Crippen LogP contribution in [0.3, 0.4) is 0 Å². The summed E-state index contributed by atoms with van der Waals surface area (Å²) in [6, 6.07) is 10.2. The second-order valence-electron chi connectivity index (χ2n) is 4.48. The molecule has 0 aromatic heterocycles. The molecular formula is C18H18O. The van der Waals surface area contributed by atoms with Crippen molar-refractivity contribution >= 4 is 29.0 Å². The fourth-order valence-electron chi connectivity index (χ4n) is 2.46. The lowest BCUT2D eigenvalue weighted by atomic mass is 9.93. The van der Waals surface area contributed by atoms with Crippen molar-refractivity contribution < 1.29 is 5.11 Å². The summed E-state index contributed by atoms with van der Waals surface area (Å²) in [5, 5.41) is 14.1.